The van der Waals surface area contributed by atoms with Crippen molar-refractivity contribution in [2.75, 3.05) is 24.3 Å². The third kappa shape index (κ3) is 4.39. The average Bonchev–Trinajstić information content (AvgIpc) is 2.49. The van der Waals surface area contributed by atoms with Crippen molar-refractivity contribution >= 4 is 28.7 Å². The van der Waals surface area contributed by atoms with Gasteiger partial charge in [-0.15, -0.1) is 0 Å². The van der Waals surface area contributed by atoms with Crippen LogP contribution in [0.3, 0.4) is 0 Å². The first kappa shape index (κ1) is 16.2. The van der Waals surface area contributed by atoms with E-state index in [0.29, 0.717) is 5.11 Å². The van der Waals surface area contributed by atoms with Gasteiger partial charge in [-0.3, -0.25) is 0 Å². The SMILES string of the molecule is CN(C)c1ccc(NC(=S)NCc2cc(F)ccc2F)cc1. The molecule has 0 saturated carbocycles. The van der Waals surface area contributed by atoms with Crippen LogP contribution in [0.5, 0.6) is 0 Å². The van der Waals surface area contributed by atoms with Crippen LogP contribution in [0.2, 0.25) is 0 Å². The summed E-state index contributed by atoms with van der Waals surface area (Å²) in [5.41, 5.74) is 2.13. The van der Waals surface area contributed by atoms with Gasteiger partial charge in [0.1, 0.15) is 11.6 Å². The first-order chi connectivity index (χ1) is 10.5. The molecule has 2 N–H and O–H groups in total. The third-order valence-electron chi connectivity index (χ3n) is 3.09. The van der Waals surface area contributed by atoms with Crippen molar-refractivity contribution in [2.45, 2.75) is 6.54 Å². The molecule has 2 rings (SSSR count). The van der Waals surface area contributed by atoms with E-state index in [1.807, 2.05) is 43.3 Å². The molecule has 0 aliphatic rings. The van der Waals surface area contributed by atoms with Gasteiger partial charge < -0.3 is 15.5 Å². The van der Waals surface area contributed by atoms with Crippen molar-refractivity contribution in [3.05, 3.63) is 59.7 Å². The highest BCUT2D eigenvalue weighted by Crippen LogP contribution is 2.15. The van der Waals surface area contributed by atoms with Crippen LogP contribution in [0.4, 0.5) is 20.2 Å². The van der Waals surface area contributed by atoms with Crippen LogP contribution in [0.15, 0.2) is 42.5 Å². The molecule has 0 heterocycles. The van der Waals surface area contributed by atoms with E-state index < -0.39 is 11.6 Å². The van der Waals surface area contributed by atoms with Crippen molar-refractivity contribution in [1.82, 2.24) is 5.32 Å². The van der Waals surface area contributed by atoms with Gasteiger partial charge in [0.05, 0.1) is 0 Å². The maximum atomic E-state index is 13.5. The lowest BCUT2D eigenvalue weighted by Crippen LogP contribution is -2.28. The summed E-state index contributed by atoms with van der Waals surface area (Å²) in [5.74, 6) is -0.941. The summed E-state index contributed by atoms with van der Waals surface area (Å²) in [6.45, 7) is 0.116. The van der Waals surface area contributed by atoms with E-state index in [4.69, 9.17) is 12.2 Å². The average molecular weight is 321 g/mol. The van der Waals surface area contributed by atoms with Crippen molar-refractivity contribution in [2.24, 2.45) is 0 Å². The number of hydrogen-bond acceptors (Lipinski definition) is 2. The number of nitrogens with zero attached hydrogens (tertiary/aromatic N) is 1. The van der Waals surface area contributed by atoms with E-state index in [2.05, 4.69) is 10.6 Å². The van der Waals surface area contributed by atoms with Crippen LogP contribution in [0, 0.1) is 11.6 Å². The summed E-state index contributed by atoms with van der Waals surface area (Å²) < 4.78 is 26.6. The number of benzene rings is 2. The van der Waals surface area contributed by atoms with Crippen molar-refractivity contribution in [3.63, 3.8) is 0 Å². The normalized spacial score (nSPS) is 10.2. The van der Waals surface area contributed by atoms with E-state index in [9.17, 15) is 8.78 Å². The van der Waals surface area contributed by atoms with Gasteiger partial charge in [0.25, 0.3) is 0 Å². The Kier molecular flexibility index (Phi) is 5.27. The Bertz CT molecular complexity index is 657. The Labute approximate surface area is 133 Å². The summed E-state index contributed by atoms with van der Waals surface area (Å²) in [4.78, 5) is 1.99. The van der Waals surface area contributed by atoms with E-state index in [-0.39, 0.29) is 12.1 Å². The van der Waals surface area contributed by atoms with Gasteiger partial charge in [-0.1, -0.05) is 0 Å². The highest BCUT2D eigenvalue weighted by molar-refractivity contribution is 7.80. The number of hydrogen-bond donors (Lipinski definition) is 2. The van der Waals surface area contributed by atoms with Crippen molar-refractivity contribution < 1.29 is 8.78 Å². The van der Waals surface area contributed by atoms with E-state index in [1.165, 1.54) is 0 Å². The first-order valence-electron chi connectivity index (χ1n) is 6.72. The minimum Gasteiger partial charge on any atom is -0.378 e. The molecule has 0 aromatic heterocycles. The summed E-state index contributed by atoms with van der Waals surface area (Å²) in [5, 5.41) is 6.20. The minimum atomic E-state index is -0.476. The fourth-order valence-electron chi connectivity index (χ4n) is 1.87. The Balaban J connectivity index is 1.91. The second-order valence-corrected chi connectivity index (χ2v) is 5.39. The zero-order valence-corrected chi connectivity index (χ0v) is 13.2. The highest BCUT2D eigenvalue weighted by Gasteiger charge is 2.05. The topological polar surface area (TPSA) is 27.3 Å². The quantitative estimate of drug-likeness (QED) is 0.843. The summed E-state index contributed by atoms with van der Waals surface area (Å²) in [6.07, 6.45) is 0. The van der Waals surface area contributed by atoms with E-state index in [1.54, 1.807) is 0 Å². The fraction of sp³-hybridized carbons (Fsp3) is 0.188. The number of rotatable bonds is 4. The lowest BCUT2D eigenvalue weighted by molar-refractivity contribution is 0.582. The Morgan fingerprint density at radius 2 is 1.77 bits per heavy atom. The van der Waals surface area contributed by atoms with Gasteiger partial charge in [-0.25, -0.2) is 8.78 Å². The molecule has 0 saturated heterocycles. The zero-order valence-electron chi connectivity index (χ0n) is 12.4. The van der Waals surface area contributed by atoms with Gasteiger partial charge in [-0.05, 0) is 54.7 Å². The standard InChI is InChI=1S/C16H17F2N3S/c1-21(2)14-6-4-13(5-7-14)20-16(22)19-10-11-9-12(17)3-8-15(11)18/h3-9H,10H2,1-2H3,(H2,19,20,22). The first-order valence-corrected chi connectivity index (χ1v) is 7.12. The maximum absolute atomic E-state index is 13.5. The van der Waals surface area contributed by atoms with Gasteiger partial charge in [0, 0.05) is 37.6 Å². The highest BCUT2D eigenvalue weighted by atomic mass is 32.1. The molecule has 22 heavy (non-hydrogen) atoms. The van der Waals surface area contributed by atoms with Crippen LogP contribution in [-0.4, -0.2) is 19.2 Å². The molecular formula is C16H17F2N3S. The lowest BCUT2D eigenvalue weighted by Gasteiger charge is -2.14. The van der Waals surface area contributed by atoms with Crippen LogP contribution in [0.1, 0.15) is 5.56 Å². The largest absolute Gasteiger partial charge is 0.378 e. The zero-order chi connectivity index (χ0) is 16.1. The number of thiocarbonyl (C=S) groups is 1. The molecule has 2 aromatic carbocycles. The molecule has 116 valence electrons. The second-order valence-electron chi connectivity index (χ2n) is 4.98. The number of nitrogens with one attached hydrogen (secondary N) is 2. The fourth-order valence-corrected chi connectivity index (χ4v) is 2.06. The lowest BCUT2D eigenvalue weighted by atomic mass is 10.2. The third-order valence-corrected chi connectivity index (χ3v) is 3.34. The maximum Gasteiger partial charge on any atom is 0.171 e. The molecule has 0 fully saturated rings. The number of halogens is 2. The minimum absolute atomic E-state index is 0.116. The van der Waals surface area contributed by atoms with Crippen LogP contribution in [0.25, 0.3) is 0 Å². The molecule has 0 bridgehead atoms. The summed E-state index contributed by atoms with van der Waals surface area (Å²) in [6, 6.07) is 11.0. The monoisotopic (exact) mass is 321 g/mol. The van der Waals surface area contributed by atoms with Crippen LogP contribution < -0.4 is 15.5 Å². The molecular weight excluding hydrogens is 304 g/mol. The van der Waals surface area contributed by atoms with Crippen LogP contribution >= 0.6 is 12.2 Å². The predicted octanol–water partition coefficient (Wildman–Crippen LogP) is 3.52. The summed E-state index contributed by atoms with van der Waals surface area (Å²) in [7, 11) is 3.92. The summed E-state index contributed by atoms with van der Waals surface area (Å²) >= 11 is 5.15. The van der Waals surface area contributed by atoms with Crippen molar-refractivity contribution in [3.8, 4) is 0 Å². The Morgan fingerprint density at radius 1 is 1.09 bits per heavy atom. The van der Waals surface area contributed by atoms with Gasteiger partial charge >= 0.3 is 0 Å². The molecule has 0 aliphatic heterocycles. The van der Waals surface area contributed by atoms with Gasteiger partial charge in [-0.2, -0.15) is 0 Å². The van der Waals surface area contributed by atoms with Gasteiger partial charge in [0.15, 0.2) is 5.11 Å². The smallest absolute Gasteiger partial charge is 0.171 e. The van der Waals surface area contributed by atoms with Gasteiger partial charge in [0.2, 0.25) is 0 Å². The van der Waals surface area contributed by atoms with Crippen LogP contribution in [-0.2, 0) is 6.54 Å². The molecule has 0 amide bonds. The molecule has 3 nitrogen and oxygen atoms in total. The molecule has 2 aromatic rings. The van der Waals surface area contributed by atoms with E-state index in [0.717, 1.165) is 29.6 Å². The van der Waals surface area contributed by atoms with E-state index >= 15 is 0 Å². The molecule has 0 aliphatic carbocycles. The second kappa shape index (κ2) is 7.17. The molecule has 0 radical (unpaired) electrons. The Morgan fingerprint density at radius 3 is 2.41 bits per heavy atom. The Hall–Kier alpha value is -2.21. The molecule has 0 atom stereocenters. The molecule has 6 heteroatoms. The molecule has 0 spiro atoms. The number of anilines is 2. The predicted molar refractivity (Wildman–Crippen MR) is 90.2 cm³/mol. The van der Waals surface area contributed by atoms with Crippen molar-refractivity contribution in [1.29, 1.82) is 0 Å². The molecule has 0 unspecified atom stereocenters.